The zero-order chi connectivity index (χ0) is 38.9. The lowest BCUT2D eigenvalue weighted by molar-refractivity contribution is 0.633. The fourth-order valence-corrected chi connectivity index (χ4v) is 11.5. The topological polar surface area (TPSA) is 6.48 Å². The van der Waals surface area contributed by atoms with Gasteiger partial charge in [0.2, 0.25) is 0 Å². The molecule has 7 aromatic rings. The lowest BCUT2D eigenvalue weighted by atomic mass is 9.63. The van der Waals surface area contributed by atoms with Gasteiger partial charge in [0, 0.05) is 45.0 Å². The Morgan fingerprint density at radius 1 is 0.414 bits per heavy atom. The summed E-state index contributed by atoms with van der Waals surface area (Å²) in [5.41, 5.74) is 24.3. The summed E-state index contributed by atoms with van der Waals surface area (Å²) in [4.78, 5) is 5.12. The molecule has 12 rings (SSSR count). The Bertz CT molecular complexity index is 2920. The van der Waals surface area contributed by atoms with Crippen LogP contribution in [0.15, 0.2) is 157 Å². The van der Waals surface area contributed by atoms with Crippen LogP contribution in [0.3, 0.4) is 0 Å². The molecule has 3 aliphatic carbocycles. The minimum absolute atomic E-state index is 0.188. The van der Waals surface area contributed by atoms with Gasteiger partial charge in [-0.15, -0.1) is 0 Å². The summed E-state index contributed by atoms with van der Waals surface area (Å²) in [7, 11) is 0. The predicted molar refractivity (Wildman–Crippen MR) is 243 cm³/mol. The molecule has 2 nitrogen and oxygen atoms in total. The van der Waals surface area contributed by atoms with Crippen LogP contribution in [0.2, 0.25) is 0 Å². The van der Waals surface area contributed by atoms with E-state index < -0.39 is 0 Å². The van der Waals surface area contributed by atoms with Crippen molar-refractivity contribution in [2.24, 2.45) is 0 Å². The van der Waals surface area contributed by atoms with Crippen molar-refractivity contribution in [3.8, 4) is 22.3 Å². The number of benzene rings is 7. The number of nitrogens with zero attached hydrogens (tertiary/aromatic N) is 2. The number of rotatable bonds is 2. The molecule has 0 unspecified atom stereocenters. The van der Waals surface area contributed by atoms with Crippen LogP contribution in [-0.2, 0) is 30.1 Å². The average molecular weight is 749 g/mol. The summed E-state index contributed by atoms with van der Waals surface area (Å²) < 4.78 is 0. The maximum Gasteiger partial charge on any atom is 0.0493 e. The Morgan fingerprint density at radius 2 is 0.862 bits per heavy atom. The van der Waals surface area contributed by atoms with Gasteiger partial charge >= 0.3 is 0 Å². The molecule has 0 atom stereocenters. The largest absolute Gasteiger partial charge is 0.314 e. The summed E-state index contributed by atoms with van der Waals surface area (Å²) in [6, 6.07) is 51.5. The third kappa shape index (κ3) is 4.66. The van der Waals surface area contributed by atoms with Crippen molar-refractivity contribution >= 4 is 39.2 Å². The summed E-state index contributed by atoms with van der Waals surface area (Å²) >= 11 is 0. The number of hydrogen-bond acceptors (Lipinski definition) is 2. The van der Waals surface area contributed by atoms with Gasteiger partial charge in [-0.2, -0.15) is 0 Å². The van der Waals surface area contributed by atoms with Crippen molar-refractivity contribution in [2.75, 3.05) is 9.80 Å². The van der Waals surface area contributed by atoms with E-state index in [1.807, 2.05) is 0 Å². The Kier molecular flexibility index (Phi) is 7.14. The van der Waals surface area contributed by atoms with Crippen molar-refractivity contribution in [1.82, 2.24) is 0 Å². The highest BCUT2D eigenvalue weighted by atomic mass is 15.2. The SMILES string of the molecule is CC1(C)c2cc(N3C4=C(C=CCC4)CCc4ccccc43)ccc2-c2ccc3c4c(ccc1c24)C(C)(C)c1cc(N2c4ccccc4CCc4ccccc42)ccc1-3. The van der Waals surface area contributed by atoms with E-state index in [0.29, 0.717) is 0 Å². The van der Waals surface area contributed by atoms with E-state index >= 15 is 0 Å². The number of hydrogen-bond donors (Lipinski definition) is 0. The van der Waals surface area contributed by atoms with Crippen LogP contribution < -0.4 is 9.80 Å². The first-order valence-electron chi connectivity index (χ1n) is 21.4. The van der Waals surface area contributed by atoms with Gasteiger partial charge in [-0.1, -0.05) is 131 Å². The quantitative estimate of drug-likeness (QED) is 0.174. The van der Waals surface area contributed by atoms with E-state index in [2.05, 4.69) is 183 Å². The number of para-hydroxylation sites is 3. The van der Waals surface area contributed by atoms with Crippen molar-refractivity contribution < 1.29 is 0 Å². The van der Waals surface area contributed by atoms with E-state index in [4.69, 9.17) is 0 Å². The van der Waals surface area contributed by atoms with Gasteiger partial charge in [0.1, 0.15) is 0 Å². The molecule has 5 aliphatic rings. The van der Waals surface area contributed by atoms with E-state index in [9.17, 15) is 0 Å². The monoisotopic (exact) mass is 748 g/mol. The molecule has 0 radical (unpaired) electrons. The van der Waals surface area contributed by atoms with Gasteiger partial charge in [0.15, 0.2) is 0 Å². The summed E-state index contributed by atoms with van der Waals surface area (Å²) in [6.45, 7) is 9.81. The second kappa shape index (κ2) is 12.2. The Balaban J connectivity index is 1.03. The maximum atomic E-state index is 2.60. The molecule has 7 aromatic carbocycles. The highest BCUT2D eigenvalue weighted by Gasteiger charge is 2.40. The lowest BCUT2D eigenvalue weighted by Gasteiger charge is -2.41. The molecule has 0 saturated heterocycles. The molecule has 0 saturated carbocycles. The van der Waals surface area contributed by atoms with E-state index in [1.165, 1.54) is 112 Å². The van der Waals surface area contributed by atoms with Gasteiger partial charge in [-0.3, -0.25) is 0 Å². The number of aryl methyl sites for hydroxylation is 3. The molecule has 0 spiro atoms. The van der Waals surface area contributed by atoms with Gasteiger partial charge < -0.3 is 9.80 Å². The summed E-state index contributed by atoms with van der Waals surface area (Å²) in [6.07, 6.45) is 11.2. The first-order valence-corrected chi connectivity index (χ1v) is 21.4. The lowest BCUT2D eigenvalue weighted by Crippen LogP contribution is -2.28. The number of anilines is 5. The van der Waals surface area contributed by atoms with Gasteiger partial charge in [0.05, 0.1) is 0 Å². The number of fused-ring (bicyclic) bond motifs is 7. The average Bonchev–Trinajstić information content (AvgIpc) is 3.53. The van der Waals surface area contributed by atoms with Crippen molar-refractivity contribution in [1.29, 1.82) is 0 Å². The molecule has 2 heterocycles. The van der Waals surface area contributed by atoms with E-state index in [1.54, 1.807) is 0 Å². The van der Waals surface area contributed by atoms with Crippen LogP contribution in [0.25, 0.3) is 33.0 Å². The molecule has 58 heavy (non-hydrogen) atoms. The third-order valence-corrected chi connectivity index (χ3v) is 14.5. The molecular formula is C56H48N2. The van der Waals surface area contributed by atoms with Gasteiger partial charge in [-0.25, -0.2) is 0 Å². The van der Waals surface area contributed by atoms with Crippen LogP contribution >= 0.6 is 0 Å². The zero-order valence-electron chi connectivity index (χ0n) is 34.0. The van der Waals surface area contributed by atoms with Crippen molar-refractivity contribution in [3.05, 3.63) is 196 Å². The molecule has 0 bridgehead atoms. The van der Waals surface area contributed by atoms with E-state index in [0.717, 1.165) is 38.5 Å². The van der Waals surface area contributed by atoms with Crippen molar-refractivity contribution in [3.63, 3.8) is 0 Å². The highest BCUT2D eigenvalue weighted by molar-refractivity contribution is 6.13. The van der Waals surface area contributed by atoms with Gasteiger partial charge in [0.25, 0.3) is 0 Å². The number of allylic oxidation sites excluding steroid dienone is 4. The molecule has 2 heteroatoms. The van der Waals surface area contributed by atoms with Crippen LogP contribution in [0.1, 0.15) is 85.9 Å². The normalized spacial score (nSPS) is 17.7. The first-order chi connectivity index (χ1) is 28.3. The second-order valence-corrected chi connectivity index (χ2v) is 18.3. The smallest absolute Gasteiger partial charge is 0.0493 e. The van der Waals surface area contributed by atoms with Crippen LogP contribution in [0.5, 0.6) is 0 Å². The molecule has 2 aliphatic heterocycles. The molecule has 0 amide bonds. The fourth-order valence-electron chi connectivity index (χ4n) is 11.5. The minimum atomic E-state index is -0.200. The Labute approximate surface area is 342 Å². The Morgan fingerprint density at radius 3 is 1.40 bits per heavy atom. The third-order valence-electron chi connectivity index (χ3n) is 14.5. The summed E-state index contributed by atoms with van der Waals surface area (Å²) in [5, 5.41) is 2.86. The van der Waals surface area contributed by atoms with Crippen LogP contribution in [-0.4, -0.2) is 0 Å². The van der Waals surface area contributed by atoms with Crippen LogP contribution in [0, 0.1) is 0 Å². The molecule has 0 fully saturated rings. The van der Waals surface area contributed by atoms with Gasteiger partial charge in [-0.05, 0) is 159 Å². The fraction of sp³-hybridized carbons (Fsp3) is 0.214. The van der Waals surface area contributed by atoms with E-state index in [-0.39, 0.29) is 10.8 Å². The second-order valence-electron chi connectivity index (χ2n) is 18.3. The highest BCUT2D eigenvalue weighted by Crippen LogP contribution is 2.57. The molecule has 282 valence electrons. The first kappa shape index (κ1) is 34.0. The minimum Gasteiger partial charge on any atom is -0.314 e. The standard InChI is InChI=1S/C56H48N2/c1-55(2)45-31-32-46-54-44(42-28-26-40(34-48(42)56(46,3)4)58-51-19-11-7-15-37(51)23-24-38-16-8-12-20-52(38)58)30-29-43(53(45)54)41-27-25-39(33-47(41)55)57-49-17-9-5-13-35(49)21-22-36-14-6-10-18-50(36)57/h5-11,13-19,25-34H,12,20-24H2,1-4H3. The van der Waals surface area contributed by atoms with Crippen LogP contribution in [0.4, 0.5) is 28.4 Å². The predicted octanol–water partition coefficient (Wildman–Crippen LogP) is 14.7. The Hall–Kier alpha value is -6.12. The molecular weight excluding hydrogens is 701 g/mol. The zero-order valence-corrected chi connectivity index (χ0v) is 34.0. The maximum absolute atomic E-state index is 2.60. The molecule has 0 N–H and O–H groups in total. The summed E-state index contributed by atoms with van der Waals surface area (Å²) in [5.74, 6) is 0. The molecule has 0 aromatic heterocycles. The van der Waals surface area contributed by atoms with Crippen molar-refractivity contribution in [2.45, 2.75) is 77.0 Å².